The van der Waals surface area contributed by atoms with Gasteiger partial charge in [-0.25, -0.2) is 0 Å². The number of nitrogens with one attached hydrogen (secondary N) is 1. The standard InChI is InChI=1S/C13H25N.C12H15N.C9H13NO.C2H6/c1-3-5-13(6-4-2)14-9-11-7-12(8-11)10-14;1-10(12-7-8-12)13-9-11-5-3-2-4-6-11;1-5-10-8(4)9(6-11)7(2)3;1-2/h11-13H,3-10H2,1-2H3;2-6,12-13H,1,7-9H2;5-6H,2H2,1,3-4H3;1-2H3/b;;9-8-,10-5?;. The molecule has 4 heteroatoms. The highest BCUT2D eigenvalue weighted by Crippen LogP contribution is 2.40. The SMILES string of the molecule is C=C(C)/C(C=O)=C(/C)N=CC.C=C(NCc1ccccc1)C1CC1.CC.CCCC(CCC)N1CC2CC(C2)C1. The molecule has 1 aromatic rings. The van der Waals surface area contributed by atoms with Crippen LogP contribution in [0, 0.1) is 17.8 Å². The second kappa shape index (κ2) is 20.4. The highest BCUT2D eigenvalue weighted by atomic mass is 16.1. The molecule has 0 spiro atoms. The number of hydrogen-bond donors (Lipinski definition) is 1. The van der Waals surface area contributed by atoms with Gasteiger partial charge in [0.15, 0.2) is 6.29 Å². The number of hydrogen-bond acceptors (Lipinski definition) is 4. The van der Waals surface area contributed by atoms with Crippen molar-refractivity contribution in [1.29, 1.82) is 0 Å². The van der Waals surface area contributed by atoms with E-state index in [4.69, 9.17) is 0 Å². The van der Waals surface area contributed by atoms with E-state index in [-0.39, 0.29) is 0 Å². The van der Waals surface area contributed by atoms with Gasteiger partial charge < -0.3 is 5.32 Å². The quantitative estimate of drug-likeness (QED) is 0.122. The monoisotopic (exact) mass is 549 g/mol. The van der Waals surface area contributed by atoms with Gasteiger partial charge >= 0.3 is 0 Å². The van der Waals surface area contributed by atoms with Gasteiger partial charge in [-0.2, -0.15) is 0 Å². The normalized spacial score (nSPS) is 19.9. The van der Waals surface area contributed by atoms with Crippen LogP contribution in [0.25, 0.3) is 0 Å². The number of aliphatic imine (C=N–C) groups is 1. The van der Waals surface area contributed by atoms with E-state index < -0.39 is 0 Å². The molecule has 2 heterocycles. The first-order valence-corrected chi connectivity index (χ1v) is 15.8. The summed E-state index contributed by atoms with van der Waals surface area (Å²) < 4.78 is 0. The third kappa shape index (κ3) is 13.3. The first-order valence-electron chi connectivity index (χ1n) is 15.8. The van der Waals surface area contributed by atoms with E-state index in [0.717, 1.165) is 47.9 Å². The van der Waals surface area contributed by atoms with Crippen LogP contribution in [0.4, 0.5) is 0 Å². The van der Waals surface area contributed by atoms with Gasteiger partial charge in [-0.15, -0.1) is 0 Å². The molecule has 5 rings (SSSR count). The maximum atomic E-state index is 10.5. The number of piperidine rings is 2. The minimum absolute atomic E-state index is 0.586. The van der Waals surface area contributed by atoms with Crippen LogP contribution in [0.15, 0.2) is 71.0 Å². The second-order valence-corrected chi connectivity index (χ2v) is 11.3. The summed E-state index contributed by atoms with van der Waals surface area (Å²) in [5, 5.41) is 3.37. The van der Waals surface area contributed by atoms with E-state index in [0.29, 0.717) is 5.57 Å². The molecule has 40 heavy (non-hydrogen) atoms. The first-order chi connectivity index (χ1) is 19.3. The third-order valence-electron chi connectivity index (χ3n) is 7.80. The fourth-order valence-electron chi connectivity index (χ4n) is 5.53. The molecule has 4 fully saturated rings. The van der Waals surface area contributed by atoms with Gasteiger partial charge in [0, 0.05) is 48.9 Å². The fourth-order valence-corrected chi connectivity index (χ4v) is 5.53. The zero-order valence-corrected chi connectivity index (χ0v) is 26.8. The van der Waals surface area contributed by atoms with Crippen molar-refractivity contribution >= 4 is 12.5 Å². The number of allylic oxidation sites excluding steroid dienone is 4. The Labute approximate surface area is 247 Å². The Balaban J connectivity index is 0.000000293. The lowest BCUT2D eigenvalue weighted by Crippen LogP contribution is -2.52. The van der Waals surface area contributed by atoms with Crippen molar-refractivity contribution in [3.8, 4) is 0 Å². The number of carbonyl (C=O) groups is 1. The minimum atomic E-state index is 0.586. The van der Waals surface area contributed by atoms with Crippen molar-refractivity contribution in [1.82, 2.24) is 10.2 Å². The van der Waals surface area contributed by atoms with Gasteiger partial charge in [0.2, 0.25) is 0 Å². The van der Waals surface area contributed by atoms with Crippen molar-refractivity contribution in [2.45, 2.75) is 112 Å². The highest BCUT2D eigenvalue weighted by molar-refractivity contribution is 5.81. The molecule has 2 aliphatic carbocycles. The summed E-state index contributed by atoms with van der Waals surface area (Å²) in [4.78, 5) is 17.3. The van der Waals surface area contributed by atoms with Gasteiger partial charge in [0.1, 0.15) is 0 Å². The van der Waals surface area contributed by atoms with E-state index >= 15 is 0 Å². The van der Waals surface area contributed by atoms with Crippen LogP contribution in [0.3, 0.4) is 0 Å². The van der Waals surface area contributed by atoms with E-state index in [1.54, 1.807) is 32.9 Å². The van der Waals surface area contributed by atoms with Crippen LogP contribution < -0.4 is 5.32 Å². The van der Waals surface area contributed by atoms with E-state index in [1.807, 2.05) is 26.8 Å². The number of nitrogens with zero attached hydrogens (tertiary/aromatic N) is 2. The molecule has 2 aliphatic heterocycles. The Morgan fingerprint density at radius 2 is 1.57 bits per heavy atom. The number of rotatable bonds is 12. The summed E-state index contributed by atoms with van der Waals surface area (Å²) in [5.41, 5.74) is 4.59. The zero-order valence-electron chi connectivity index (χ0n) is 26.8. The molecule has 2 saturated carbocycles. The summed E-state index contributed by atoms with van der Waals surface area (Å²) >= 11 is 0. The molecule has 1 N–H and O–H groups in total. The predicted octanol–water partition coefficient (Wildman–Crippen LogP) is 9.15. The van der Waals surface area contributed by atoms with E-state index in [2.05, 4.69) is 66.5 Å². The minimum Gasteiger partial charge on any atom is -0.385 e. The Morgan fingerprint density at radius 3 is 2.00 bits per heavy atom. The fraction of sp³-hybridized carbons (Fsp3) is 0.611. The molecule has 2 bridgehead atoms. The summed E-state index contributed by atoms with van der Waals surface area (Å²) in [6.07, 6.45) is 13.7. The molecule has 0 amide bonds. The van der Waals surface area contributed by atoms with E-state index in [9.17, 15) is 4.79 Å². The molecule has 4 aliphatic rings. The molecule has 0 radical (unpaired) electrons. The Bertz CT molecular complexity index is 907. The third-order valence-corrected chi connectivity index (χ3v) is 7.80. The Hall–Kier alpha value is -2.46. The Kier molecular flexibility index (Phi) is 18.2. The molecular weight excluding hydrogens is 490 g/mol. The molecular formula is C36H59N3O. The molecule has 4 nitrogen and oxygen atoms in total. The lowest BCUT2D eigenvalue weighted by atomic mass is 9.70. The van der Waals surface area contributed by atoms with Crippen LogP contribution in [-0.4, -0.2) is 36.5 Å². The molecule has 2 saturated heterocycles. The average molecular weight is 550 g/mol. The number of benzene rings is 1. The van der Waals surface area contributed by atoms with Gasteiger partial charge in [0.25, 0.3) is 0 Å². The first kappa shape index (κ1) is 35.6. The van der Waals surface area contributed by atoms with Crippen molar-refractivity contribution in [3.05, 3.63) is 71.6 Å². The maximum Gasteiger partial charge on any atom is 0.152 e. The largest absolute Gasteiger partial charge is 0.385 e. The maximum absolute atomic E-state index is 10.5. The van der Waals surface area contributed by atoms with Crippen LogP contribution in [0.1, 0.15) is 105 Å². The molecule has 0 unspecified atom stereocenters. The Morgan fingerprint density at radius 1 is 1.02 bits per heavy atom. The number of carbonyl (C=O) groups excluding carboxylic acids is 1. The van der Waals surface area contributed by atoms with Crippen LogP contribution in [0.2, 0.25) is 0 Å². The lowest BCUT2D eigenvalue weighted by Gasteiger charge is -2.50. The second-order valence-electron chi connectivity index (χ2n) is 11.3. The van der Waals surface area contributed by atoms with Crippen molar-refractivity contribution in [2.75, 3.05) is 13.1 Å². The van der Waals surface area contributed by atoms with E-state index in [1.165, 1.54) is 62.9 Å². The van der Waals surface area contributed by atoms with Gasteiger partial charge in [0.05, 0.1) is 0 Å². The summed E-state index contributed by atoms with van der Waals surface area (Å²) in [5.74, 6) is 2.90. The summed E-state index contributed by atoms with van der Waals surface area (Å²) in [6, 6.07) is 11.4. The van der Waals surface area contributed by atoms with Crippen LogP contribution in [0.5, 0.6) is 0 Å². The summed E-state index contributed by atoms with van der Waals surface area (Å²) in [6.45, 7) is 25.5. The summed E-state index contributed by atoms with van der Waals surface area (Å²) in [7, 11) is 0. The van der Waals surface area contributed by atoms with Gasteiger partial charge in [-0.3, -0.25) is 14.7 Å². The van der Waals surface area contributed by atoms with Crippen molar-refractivity contribution in [2.24, 2.45) is 22.7 Å². The van der Waals surface area contributed by atoms with Crippen LogP contribution in [-0.2, 0) is 11.3 Å². The molecule has 0 atom stereocenters. The number of fused-ring (bicyclic) bond motifs is 2. The molecule has 224 valence electrons. The van der Waals surface area contributed by atoms with Crippen molar-refractivity contribution in [3.63, 3.8) is 0 Å². The lowest BCUT2D eigenvalue weighted by molar-refractivity contribution is -0.104. The number of aldehydes is 1. The average Bonchev–Trinajstić information content (AvgIpc) is 3.80. The highest BCUT2D eigenvalue weighted by Gasteiger charge is 2.38. The van der Waals surface area contributed by atoms with Gasteiger partial charge in [-0.1, -0.05) is 84.0 Å². The zero-order chi connectivity index (χ0) is 29.9. The topological polar surface area (TPSA) is 44.7 Å². The smallest absolute Gasteiger partial charge is 0.152 e. The van der Waals surface area contributed by atoms with Crippen LogP contribution >= 0.6 is 0 Å². The molecule has 1 aromatic carbocycles. The molecule has 0 aromatic heterocycles. The predicted molar refractivity (Wildman–Crippen MR) is 176 cm³/mol. The van der Waals surface area contributed by atoms with Crippen molar-refractivity contribution < 1.29 is 4.79 Å². The van der Waals surface area contributed by atoms with Gasteiger partial charge in [-0.05, 0) is 88.2 Å².